The first-order chi connectivity index (χ1) is 11.3. The van der Waals surface area contributed by atoms with Gasteiger partial charge < -0.3 is 9.64 Å². The summed E-state index contributed by atoms with van der Waals surface area (Å²) >= 11 is 0. The maximum Gasteiger partial charge on any atom is 0.118 e. The second-order valence-electron chi connectivity index (χ2n) is 6.35. The maximum absolute atomic E-state index is 5.25. The fraction of sp³-hybridized carbons (Fsp3) is 0.238. The molecule has 0 N–H and O–H groups in total. The Balaban J connectivity index is 1.69. The number of anilines is 1. The van der Waals surface area contributed by atoms with E-state index in [2.05, 4.69) is 60.4 Å². The predicted molar refractivity (Wildman–Crippen MR) is 96.4 cm³/mol. The highest BCUT2D eigenvalue weighted by atomic mass is 16.5. The van der Waals surface area contributed by atoms with Crippen molar-refractivity contribution in [1.82, 2.24) is 0 Å². The fourth-order valence-electron chi connectivity index (χ4n) is 3.70. The van der Waals surface area contributed by atoms with Crippen LogP contribution in [0.3, 0.4) is 0 Å². The predicted octanol–water partition coefficient (Wildman–Crippen LogP) is 4.97. The molecule has 2 nitrogen and oxygen atoms in total. The van der Waals surface area contributed by atoms with Crippen molar-refractivity contribution >= 4 is 16.5 Å². The molecule has 0 amide bonds. The molecule has 2 heteroatoms. The summed E-state index contributed by atoms with van der Waals surface area (Å²) in [5.74, 6) is 1.48. The highest BCUT2D eigenvalue weighted by Crippen LogP contribution is 2.41. The van der Waals surface area contributed by atoms with Crippen LogP contribution in [0.2, 0.25) is 0 Å². The van der Waals surface area contributed by atoms with Crippen LogP contribution in [0.25, 0.3) is 10.8 Å². The van der Waals surface area contributed by atoms with Crippen molar-refractivity contribution in [2.75, 3.05) is 18.6 Å². The molecule has 1 unspecified atom stereocenters. The largest absolute Gasteiger partial charge is 0.497 e. The van der Waals surface area contributed by atoms with Crippen molar-refractivity contribution in [3.63, 3.8) is 0 Å². The molecule has 116 valence electrons. The molecule has 4 rings (SSSR count). The second kappa shape index (κ2) is 5.62. The van der Waals surface area contributed by atoms with Gasteiger partial charge in [0.25, 0.3) is 0 Å². The van der Waals surface area contributed by atoms with E-state index in [-0.39, 0.29) is 0 Å². The van der Waals surface area contributed by atoms with Gasteiger partial charge in [-0.1, -0.05) is 49.4 Å². The Morgan fingerprint density at radius 3 is 2.57 bits per heavy atom. The molecule has 1 aliphatic rings. The fourth-order valence-corrected chi connectivity index (χ4v) is 3.70. The van der Waals surface area contributed by atoms with Crippen LogP contribution in [0, 0.1) is 0 Å². The maximum atomic E-state index is 5.25. The molecule has 1 heterocycles. The van der Waals surface area contributed by atoms with Crippen LogP contribution in [0.1, 0.15) is 24.0 Å². The Morgan fingerprint density at radius 2 is 1.78 bits per heavy atom. The van der Waals surface area contributed by atoms with Gasteiger partial charge in [-0.25, -0.2) is 0 Å². The zero-order chi connectivity index (χ0) is 15.8. The number of hydrogen-bond acceptors (Lipinski definition) is 2. The number of benzene rings is 3. The SMILES string of the molecule is COc1ccc(CN2CC(C)c3c2ccc2ccccc32)cc1. The molecule has 0 saturated carbocycles. The molecule has 0 radical (unpaired) electrons. The van der Waals surface area contributed by atoms with Crippen molar-refractivity contribution in [3.05, 3.63) is 71.8 Å². The average molecular weight is 303 g/mol. The quantitative estimate of drug-likeness (QED) is 0.677. The van der Waals surface area contributed by atoms with Gasteiger partial charge in [0.2, 0.25) is 0 Å². The highest BCUT2D eigenvalue weighted by molar-refractivity contribution is 5.92. The molecule has 1 aliphatic heterocycles. The zero-order valence-corrected chi connectivity index (χ0v) is 13.6. The number of ether oxygens (including phenoxy) is 1. The normalized spacial score (nSPS) is 16.6. The summed E-state index contributed by atoms with van der Waals surface area (Å²) in [5.41, 5.74) is 4.20. The summed E-state index contributed by atoms with van der Waals surface area (Å²) in [5, 5.41) is 2.74. The van der Waals surface area contributed by atoms with Gasteiger partial charge in [0.15, 0.2) is 0 Å². The summed E-state index contributed by atoms with van der Waals surface area (Å²) in [7, 11) is 1.71. The summed E-state index contributed by atoms with van der Waals surface area (Å²) in [6.07, 6.45) is 0. The molecule has 0 fully saturated rings. The summed E-state index contributed by atoms with van der Waals surface area (Å²) in [6.45, 7) is 4.36. The van der Waals surface area contributed by atoms with Gasteiger partial charge in [0.05, 0.1) is 7.11 Å². The summed E-state index contributed by atoms with van der Waals surface area (Å²) < 4.78 is 5.25. The van der Waals surface area contributed by atoms with E-state index in [0.29, 0.717) is 5.92 Å². The lowest BCUT2D eigenvalue weighted by Gasteiger charge is -2.20. The van der Waals surface area contributed by atoms with Crippen LogP contribution in [0.5, 0.6) is 5.75 Å². The molecule has 0 spiro atoms. The van der Waals surface area contributed by atoms with Crippen LogP contribution in [0.4, 0.5) is 5.69 Å². The second-order valence-corrected chi connectivity index (χ2v) is 6.35. The molecular formula is C21H21NO. The minimum Gasteiger partial charge on any atom is -0.497 e. The lowest BCUT2D eigenvalue weighted by Crippen LogP contribution is -2.20. The molecule has 3 aromatic carbocycles. The monoisotopic (exact) mass is 303 g/mol. The van der Waals surface area contributed by atoms with Crippen LogP contribution in [0.15, 0.2) is 60.7 Å². The molecule has 0 aromatic heterocycles. The highest BCUT2D eigenvalue weighted by Gasteiger charge is 2.27. The smallest absolute Gasteiger partial charge is 0.118 e. The minimum absolute atomic E-state index is 0.564. The van der Waals surface area contributed by atoms with Gasteiger partial charge in [0.1, 0.15) is 5.75 Å². The number of nitrogens with zero attached hydrogens (tertiary/aromatic N) is 1. The van der Waals surface area contributed by atoms with E-state index in [1.807, 2.05) is 12.1 Å². The molecule has 0 aliphatic carbocycles. The van der Waals surface area contributed by atoms with E-state index in [9.17, 15) is 0 Å². The number of rotatable bonds is 3. The Kier molecular flexibility index (Phi) is 3.45. The lowest BCUT2D eigenvalue weighted by molar-refractivity contribution is 0.414. The standard InChI is InChI=1S/C21H21NO/c1-15-13-22(14-16-7-10-18(23-2)11-8-16)20-12-9-17-5-3-4-6-19(17)21(15)20/h3-12,15H,13-14H2,1-2H3. The van der Waals surface area contributed by atoms with E-state index in [1.54, 1.807) is 7.11 Å². The van der Waals surface area contributed by atoms with Gasteiger partial charge in [0, 0.05) is 24.7 Å². The molecule has 3 aromatic rings. The molecular weight excluding hydrogens is 282 g/mol. The van der Waals surface area contributed by atoms with Crippen molar-refractivity contribution in [2.45, 2.75) is 19.4 Å². The molecule has 23 heavy (non-hydrogen) atoms. The third-order valence-electron chi connectivity index (χ3n) is 4.81. The first-order valence-corrected chi connectivity index (χ1v) is 8.16. The van der Waals surface area contributed by atoms with Crippen LogP contribution in [-0.4, -0.2) is 13.7 Å². The summed E-state index contributed by atoms with van der Waals surface area (Å²) in [6, 6.07) is 21.6. The Morgan fingerprint density at radius 1 is 1.00 bits per heavy atom. The van der Waals surface area contributed by atoms with E-state index in [1.165, 1.54) is 27.6 Å². The van der Waals surface area contributed by atoms with E-state index < -0.39 is 0 Å². The Hall–Kier alpha value is -2.48. The topological polar surface area (TPSA) is 12.5 Å². The van der Waals surface area contributed by atoms with E-state index in [0.717, 1.165) is 18.8 Å². The van der Waals surface area contributed by atoms with Crippen molar-refractivity contribution in [2.24, 2.45) is 0 Å². The molecule has 1 atom stereocenters. The third-order valence-corrected chi connectivity index (χ3v) is 4.81. The van der Waals surface area contributed by atoms with E-state index in [4.69, 9.17) is 4.74 Å². The molecule has 0 bridgehead atoms. The lowest BCUT2D eigenvalue weighted by atomic mass is 9.96. The summed E-state index contributed by atoms with van der Waals surface area (Å²) in [4.78, 5) is 2.49. The number of fused-ring (bicyclic) bond motifs is 3. The Bertz CT molecular complexity index is 838. The number of hydrogen-bond donors (Lipinski definition) is 0. The van der Waals surface area contributed by atoms with Crippen LogP contribution in [-0.2, 0) is 6.54 Å². The van der Waals surface area contributed by atoms with Crippen molar-refractivity contribution in [1.29, 1.82) is 0 Å². The zero-order valence-electron chi connectivity index (χ0n) is 13.6. The average Bonchev–Trinajstić information content (AvgIpc) is 2.92. The first-order valence-electron chi connectivity index (χ1n) is 8.16. The van der Waals surface area contributed by atoms with Gasteiger partial charge in [-0.15, -0.1) is 0 Å². The van der Waals surface area contributed by atoms with Gasteiger partial charge in [-0.05, 0) is 40.1 Å². The van der Waals surface area contributed by atoms with Gasteiger partial charge in [-0.3, -0.25) is 0 Å². The third kappa shape index (κ3) is 2.44. The molecule has 0 saturated heterocycles. The number of methoxy groups -OCH3 is 1. The van der Waals surface area contributed by atoms with Crippen LogP contribution >= 0.6 is 0 Å². The van der Waals surface area contributed by atoms with Gasteiger partial charge in [-0.2, -0.15) is 0 Å². The van der Waals surface area contributed by atoms with Gasteiger partial charge >= 0.3 is 0 Å². The Labute approximate surface area is 137 Å². The van der Waals surface area contributed by atoms with Crippen molar-refractivity contribution < 1.29 is 4.74 Å². The van der Waals surface area contributed by atoms with Crippen molar-refractivity contribution in [3.8, 4) is 5.75 Å². The van der Waals surface area contributed by atoms with E-state index >= 15 is 0 Å². The minimum atomic E-state index is 0.564. The van der Waals surface area contributed by atoms with Crippen LogP contribution < -0.4 is 9.64 Å². The first kappa shape index (κ1) is 14.1.